The number of rotatable bonds is 4. The van der Waals surface area contributed by atoms with Gasteiger partial charge in [-0.05, 0) is 23.9 Å². The summed E-state index contributed by atoms with van der Waals surface area (Å²) in [4.78, 5) is 1.07. The first-order chi connectivity index (χ1) is 8.31. The van der Waals surface area contributed by atoms with Crippen LogP contribution in [0.4, 0.5) is 0 Å². The minimum atomic E-state index is -0.231. The van der Waals surface area contributed by atoms with Crippen molar-refractivity contribution in [2.45, 2.75) is 19.0 Å². The van der Waals surface area contributed by atoms with Crippen molar-refractivity contribution in [1.29, 1.82) is 5.26 Å². The fraction of sp³-hybridized carbons (Fsp3) is 0.214. The quantitative estimate of drug-likeness (QED) is 0.888. The number of benzene rings is 1. The third kappa shape index (κ3) is 2.94. The summed E-state index contributed by atoms with van der Waals surface area (Å²) in [6.07, 6.45) is 0. The van der Waals surface area contributed by atoms with Crippen LogP contribution in [0.2, 0.25) is 0 Å². The van der Waals surface area contributed by atoms with Crippen molar-refractivity contribution >= 4 is 11.3 Å². The molecule has 17 heavy (non-hydrogen) atoms. The molecule has 1 heterocycles. The molecule has 2 atom stereocenters. The second-order valence-electron chi connectivity index (χ2n) is 3.88. The summed E-state index contributed by atoms with van der Waals surface area (Å²) >= 11 is 1.61. The fourth-order valence-electron chi connectivity index (χ4n) is 1.73. The van der Waals surface area contributed by atoms with Gasteiger partial charge in [0.25, 0.3) is 0 Å². The van der Waals surface area contributed by atoms with Gasteiger partial charge in [-0.25, -0.2) is 0 Å². The molecule has 2 nitrogen and oxygen atoms in total. The highest BCUT2D eigenvalue weighted by atomic mass is 32.1. The number of nitriles is 1. The van der Waals surface area contributed by atoms with Crippen LogP contribution in [0.1, 0.15) is 29.4 Å². The number of hydrogen-bond acceptors (Lipinski definition) is 3. The topological polar surface area (TPSA) is 35.8 Å². The van der Waals surface area contributed by atoms with Crippen LogP contribution in [0.5, 0.6) is 0 Å². The predicted octanol–water partition coefficient (Wildman–Crippen LogP) is 3.66. The lowest BCUT2D eigenvalue weighted by Crippen LogP contribution is -2.22. The normalized spacial score (nSPS) is 13.9. The van der Waals surface area contributed by atoms with Gasteiger partial charge in [-0.1, -0.05) is 36.4 Å². The SMILES string of the molecule is C[C@@H](N[C@@H](C#N)c1cccs1)c1ccccc1. The van der Waals surface area contributed by atoms with Crippen molar-refractivity contribution in [3.8, 4) is 6.07 Å². The van der Waals surface area contributed by atoms with Gasteiger partial charge in [-0.2, -0.15) is 5.26 Å². The summed E-state index contributed by atoms with van der Waals surface area (Å²) < 4.78 is 0. The summed E-state index contributed by atoms with van der Waals surface area (Å²) in [7, 11) is 0. The van der Waals surface area contributed by atoms with E-state index in [2.05, 4.69) is 30.4 Å². The van der Waals surface area contributed by atoms with Crippen molar-refractivity contribution in [2.75, 3.05) is 0 Å². The van der Waals surface area contributed by atoms with Crippen LogP contribution < -0.4 is 5.32 Å². The Kier molecular flexibility index (Phi) is 3.92. The van der Waals surface area contributed by atoms with Crippen LogP contribution in [0.15, 0.2) is 47.8 Å². The van der Waals surface area contributed by atoms with Crippen LogP contribution in [-0.4, -0.2) is 0 Å². The molecule has 2 rings (SSSR count). The largest absolute Gasteiger partial charge is 0.291 e. The van der Waals surface area contributed by atoms with E-state index in [1.807, 2.05) is 35.7 Å². The molecule has 0 amide bonds. The van der Waals surface area contributed by atoms with Gasteiger partial charge in [-0.15, -0.1) is 11.3 Å². The van der Waals surface area contributed by atoms with E-state index in [0.29, 0.717) is 0 Å². The van der Waals surface area contributed by atoms with E-state index in [1.54, 1.807) is 11.3 Å². The fourth-order valence-corrected chi connectivity index (χ4v) is 2.45. The average Bonchev–Trinajstić information content (AvgIpc) is 2.90. The Labute approximate surface area is 106 Å². The third-order valence-corrected chi connectivity index (χ3v) is 3.61. The van der Waals surface area contributed by atoms with Gasteiger partial charge in [0.1, 0.15) is 6.04 Å². The Balaban J connectivity index is 2.08. The molecule has 0 unspecified atom stereocenters. The zero-order valence-electron chi connectivity index (χ0n) is 9.63. The molecule has 1 aromatic heterocycles. The molecular formula is C14H14N2S. The molecule has 2 aromatic rings. The van der Waals surface area contributed by atoms with E-state index in [0.717, 1.165) is 4.88 Å². The minimum Gasteiger partial charge on any atom is -0.291 e. The second-order valence-corrected chi connectivity index (χ2v) is 4.86. The van der Waals surface area contributed by atoms with Crippen molar-refractivity contribution in [1.82, 2.24) is 5.32 Å². The molecule has 0 aliphatic heterocycles. The monoisotopic (exact) mass is 242 g/mol. The van der Waals surface area contributed by atoms with Crippen LogP contribution in [0.3, 0.4) is 0 Å². The molecule has 0 aliphatic rings. The summed E-state index contributed by atoms with van der Waals surface area (Å²) in [5, 5.41) is 14.5. The summed E-state index contributed by atoms with van der Waals surface area (Å²) in [5.41, 5.74) is 1.20. The molecule has 0 spiro atoms. The third-order valence-electron chi connectivity index (χ3n) is 2.67. The number of nitrogens with one attached hydrogen (secondary N) is 1. The van der Waals surface area contributed by atoms with Crippen LogP contribution in [0.25, 0.3) is 0 Å². The van der Waals surface area contributed by atoms with Crippen molar-refractivity contribution in [3.63, 3.8) is 0 Å². The summed E-state index contributed by atoms with van der Waals surface area (Å²) in [6.45, 7) is 2.08. The molecular weight excluding hydrogens is 228 g/mol. The molecule has 1 aromatic carbocycles. The highest BCUT2D eigenvalue weighted by molar-refractivity contribution is 7.10. The Hall–Kier alpha value is -1.63. The van der Waals surface area contributed by atoms with E-state index in [1.165, 1.54) is 5.56 Å². The lowest BCUT2D eigenvalue weighted by Gasteiger charge is -2.17. The molecule has 86 valence electrons. The standard InChI is InChI=1S/C14H14N2S/c1-11(12-6-3-2-4-7-12)16-13(10-15)14-8-5-9-17-14/h2-9,11,13,16H,1H3/t11-,13+/m1/s1. The Morgan fingerprint density at radius 1 is 1.18 bits per heavy atom. The van der Waals surface area contributed by atoms with Gasteiger partial charge in [0.15, 0.2) is 0 Å². The van der Waals surface area contributed by atoms with Crippen LogP contribution in [0, 0.1) is 11.3 Å². The average molecular weight is 242 g/mol. The lowest BCUT2D eigenvalue weighted by atomic mass is 10.1. The highest BCUT2D eigenvalue weighted by Gasteiger charge is 2.15. The zero-order valence-corrected chi connectivity index (χ0v) is 10.4. The minimum absolute atomic E-state index is 0.169. The number of hydrogen-bond donors (Lipinski definition) is 1. The van der Waals surface area contributed by atoms with Crippen molar-refractivity contribution in [2.24, 2.45) is 0 Å². The Morgan fingerprint density at radius 2 is 1.94 bits per heavy atom. The summed E-state index contributed by atoms with van der Waals surface area (Å²) in [5.74, 6) is 0. The van der Waals surface area contributed by atoms with E-state index in [-0.39, 0.29) is 12.1 Å². The van der Waals surface area contributed by atoms with Gasteiger partial charge in [0.05, 0.1) is 6.07 Å². The van der Waals surface area contributed by atoms with Crippen LogP contribution in [-0.2, 0) is 0 Å². The molecule has 0 bridgehead atoms. The Morgan fingerprint density at radius 3 is 2.53 bits per heavy atom. The first kappa shape index (κ1) is 11.8. The van der Waals surface area contributed by atoms with Gasteiger partial charge in [-0.3, -0.25) is 5.32 Å². The number of nitrogens with zero attached hydrogens (tertiary/aromatic N) is 1. The van der Waals surface area contributed by atoms with Gasteiger partial charge >= 0.3 is 0 Å². The second kappa shape index (κ2) is 5.62. The van der Waals surface area contributed by atoms with Crippen molar-refractivity contribution < 1.29 is 0 Å². The molecule has 3 heteroatoms. The van der Waals surface area contributed by atoms with Gasteiger partial charge < -0.3 is 0 Å². The summed E-state index contributed by atoms with van der Waals surface area (Å²) in [6, 6.07) is 16.4. The molecule has 0 saturated carbocycles. The molecule has 0 radical (unpaired) electrons. The molecule has 0 aliphatic carbocycles. The molecule has 0 fully saturated rings. The predicted molar refractivity (Wildman–Crippen MR) is 70.7 cm³/mol. The lowest BCUT2D eigenvalue weighted by molar-refractivity contribution is 0.538. The van der Waals surface area contributed by atoms with E-state index < -0.39 is 0 Å². The first-order valence-electron chi connectivity index (χ1n) is 5.55. The van der Waals surface area contributed by atoms with E-state index in [9.17, 15) is 5.26 Å². The Bertz CT molecular complexity index is 485. The smallest absolute Gasteiger partial charge is 0.131 e. The maximum atomic E-state index is 9.19. The van der Waals surface area contributed by atoms with Gasteiger partial charge in [0, 0.05) is 10.9 Å². The van der Waals surface area contributed by atoms with E-state index >= 15 is 0 Å². The maximum Gasteiger partial charge on any atom is 0.131 e. The van der Waals surface area contributed by atoms with Crippen LogP contribution >= 0.6 is 11.3 Å². The highest BCUT2D eigenvalue weighted by Crippen LogP contribution is 2.22. The van der Waals surface area contributed by atoms with E-state index in [4.69, 9.17) is 0 Å². The zero-order chi connectivity index (χ0) is 12.1. The molecule has 0 saturated heterocycles. The number of thiophene rings is 1. The first-order valence-corrected chi connectivity index (χ1v) is 6.43. The van der Waals surface area contributed by atoms with Crippen molar-refractivity contribution in [3.05, 3.63) is 58.3 Å². The molecule has 1 N–H and O–H groups in total. The van der Waals surface area contributed by atoms with Gasteiger partial charge in [0.2, 0.25) is 0 Å². The maximum absolute atomic E-state index is 9.19.